The number of hydrogen-bond donors (Lipinski definition) is 1. The molecule has 1 heterocycles. The highest BCUT2D eigenvalue weighted by Gasteiger charge is 2.30. The van der Waals surface area contributed by atoms with Gasteiger partial charge in [-0.3, -0.25) is 9.69 Å². The molecule has 2 aromatic rings. The first-order valence-electron chi connectivity index (χ1n) is 9.93. The van der Waals surface area contributed by atoms with Gasteiger partial charge in [0, 0.05) is 18.8 Å². The maximum Gasteiger partial charge on any atom is 0.416 e. The van der Waals surface area contributed by atoms with Crippen molar-refractivity contribution >= 4 is 11.6 Å². The van der Waals surface area contributed by atoms with Gasteiger partial charge in [0.05, 0.1) is 18.7 Å². The number of carbonyl (C=O) groups is 1. The maximum absolute atomic E-state index is 12.6. The van der Waals surface area contributed by atoms with Crippen LogP contribution in [-0.4, -0.2) is 43.2 Å². The topological polar surface area (TPSA) is 50.8 Å². The summed E-state index contributed by atoms with van der Waals surface area (Å²) in [6.07, 6.45) is -2.80. The lowest BCUT2D eigenvalue weighted by Crippen LogP contribution is -2.42. The van der Waals surface area contributed by atoms with Gasteiger partial charge in [-0.05, 0) is 56.2 Å². The number of halogens is 3. The summed E-state index contributed by atoms with van der Waals surface area (Å²) in [6.45, 7) is 4.06. The number of benzene rings is 2. The second-order valence-corrected chi connectivity index (χ2v) is 7.10. The van der Waals surface area contributed by atoms with Crippen molar-refractivity contribution in [3.8, 4) is 11.5 Å². The lowest BCUT2D eigenvalue weighted by atomic mass is 10.1. The van der Waals surface area contributed by atoms with Crippen LogP contribution in [0.3, 0.4) is 0 Å². The summed E-state index contributed by atoms with van der Waals surface area (Å²) < 4.78 is 49.5. The van der Waals surface area contributed by atoms with Gasteiger partial charge in [-0.25, -0.2) is 0 Å². The van der Waals surface area contributed by atoms with E-state index in [2.05, 4.69) is 5.32 Å². The smallest absolute Gasteiger partial charge is 0.416 e. The minimum atomic E-state index is -4.39. The van der Waals surface area contributed by atoms with Gasteiger partial charge in [0.15, 0.2) is 11.5 Å². The van der Waals surface area contributed by atoms with E-state index in [0.29, 0.717) is 25.4 Å². The van der Waals surface area contributed by atoms with Crippen LogP contribution in [-0.2, 0) is 11.0 Å². The third-order valence-corrected chi connectivity index (χ3v) is 4.84. The zero-order valence-corrected chi connectivity index (χ0v) is 16.7. The lowest BCUT2D eigenvalue weighted by molar-refractivity contribution is -0.137. The highest BCUT2D eigenvalue weighted by molar-refractivity contribution is 5.92. The first kappa shape index (κ1) is 22.0. The van der Waals surface area contributed by atoms with Gasteiger partial charge < -0.3 is 14.8 Å². The van der Waals surface area contributed by atoms with Crippen LogP contribution in [0.2, 0.25) is 0 Å². The van der Waals surface area contributed by atoms with Gasteiger partial charge in [0.25, 0.3) is 0 Å². The number of hydrogen-bond acceptors (Lipinski definition) is 4. The molecule has 0 aliphatic carbocycles. The van der Waals surface area contributed by atoms with E-state index >= 15 is 0 Å². The first-order valence-corrected chi connectivity index (χ1v) is 9.93. The average molecular weight is 422 g/mol. The zero-order chi connectivity index (χ0) is 21.6. The SMILES string of the molecule is CCOc1ccccc1OC1CCN(CC(=O)Nc2ccc(C(F)(F)F)cc2)CC1. The summed E-state index contributed by atoms with van der Waals surface area (Å²) in [6, 6.07) is 12.0. The number of piperidine rings is 1. The monoisotopic (exact) mass is 422 g/mol. The lowest BCUT2D eigenvalue weighted by Gasteiger charge is -2.32. The second-order valence-electron chi connectivity index (χ2n) is 7.10. The van der Waals surface area contributed by atoms with Gasteiger partial charge in [-0.15, -0.1) is 0 Å². The molecule has 1 aliphatic heterocycles. The Hall–Kier alpha value is -2.74. The van der Waals surface area contributed by atoms with E-state index in [-0.39, 0.29) is 18.6 Å². The number of anilines is 1. The van der Waals surface area contributed by atoms with Gasteiger partial charge >= 0.3 is 6.18 Å². The average Bonchev–Trinajstić information content (AvgIpc) is 2.71. The molecular weight excluding hydrogens is 397 g/mol. The molecular formula is C22H25F3N2O3. The normalized spacial score (nSPS) is 15.6. The van der Waals surface area contributed by atoms with E-state index in [1.165, 1.54) is 12.1 Å². The van der Waals surface area contributed by atoms with E-state index in [9.17, 15) is 18.0 Å². The zero-order valence-electron chi connectivity index (χ0n) is 16.7. The quantitative estimate of drug-likeness (QED) is 0.709. The molecule has 8 heteroatoms. The largest absolute Gasteiger partial charge is 0.490 e. The molecule has 0 bridgehead atoms. The number of amides is 1. The van der Waals surface area contributed by atoms with Crippen molar-refractivity contribution in [2.45, 2.75) is 32.0 Å². The van der Waals surface area contributed by atoms with Gasteiger partial charge in [0.1, 0.15) is 6.10 Å². The first-order chi connectivity index (χ1) is 14.3. The van der Waals surface area contributed by atoms with Crippen LogP contribution in [0.15, 0.2) is 48.5 Å². The molecule has 0 radical (unpaired) electrons. The van der Waals surface area contributed by atoms with Crippen molar-refractivity contribution in [3.05, 3.63) is 54.1 Å². The number of ether oxygens (including phenoxy) is 2. The van der Waals surface area contributed by atoms with Gasteiger partial charge in [-0.1, -0.05) is 12.1 Å². The van der Waals surface area contributed by atoms with Crippen LogP contribution in [0, 0.1) is 0 Å². The minimum Gasteiger partial charge on any atom is -0.490 e. The summed E-state index contributed by atoms with van der Waals surface area (Å²) >= 11 is 0. The molecule has 1 fully saturated rings. The Morgan fingerprint density at radius 3 is 2.30 bits per heavy atom. The standard InChI is InChI=1S/C22H25F3N2O3/c1-2-29-19-5-3-4-6-20(19)30-18-11-13-27(14-12-18)15-21(28)26-17-9-7-16(8-10-17)22(23,24)25/h3-10,18H,2,11-15H2,1H3,(H,26,28). The van der Waals surface area contributed by atoms with Crippen LogP contribution in [0.1, 0.15) is 25.3 Å². The van der Waals surface area contributed by atoms with Crippen molar-refractivity contribution in [1.82, 2.24) is 4.90 Å². The van der Waals surface area contributed by atoms with Crippen LogP contribution < -0.4 is 14.8 Å². The number of nitrogens with one attached hydrogen (secondary N) is 1. The highest BCUT2D eigenvalue weighted by atomic mass is 19.4. The summed E-state index contributed by atoms with van der Waals surface area (Å²) in [7, 11) is 0. The fourth-order valence-electron chi connectivity index (χ4n) is 3.33. The molecule has 2 aromatic carbocycles. The number of carbonyl (C=O) groups excluding carboxylic acids is 1. The Kier molecular flexibility index (Phi) is 7.20. The van der Waals surface area contributed by atoms with E-state index < -0.39 is 11.7 Å². The Bertz CT molecular complexity index is 832. The number of alkyl halides is 3. The van der Waals surface area contributed by atoms with Crippen molar-refractivity contribution in [2.75, 3.05) is 31.6 Å². The molecule has 1 N–H and O–H groups in total. The highest BCUT2D eigenvalue weighted by Crippen LogP contribution is 2.30. The molecule has 1 saturated heterocycles. The maximum atomic E-state index is 12.6. The van der Waals surface area contributed by atoms with Crippen molar-refractivity contribution in [3.63, 3.8) is 0 Å². The van der Waals surface area contributed by atoms with E-state index in [4.69, 9.17) is 9.47 Å². The second kappa shape index (κ2) is 9.84. The minimum absolute atomic E-state index is 0.0424. The number of para-hydroxylation sites is 2. The Morgan fingerprint density at radius 2 is 1.70 bits per heavy atom. The summed E-state index contributed by atoms with van der Waals surface area (Å²) in [5, 5.41) is 2.64. The molecule has 0 unspecified atom stereocenters. The molecule has 162 valence electrons. The molecule has 0 spiro atoms. The van der Waals surface area contributed by atoms with E-state index in [0.717, 1.165) is 36.5 Å². The fourth-order valence-corrected chi connectivity index (χ4v) is 3.33. The van der Waals surface area contributed by atoms with Crippen molar-refractivity contribution < 1.29 is 27.4 Å². The Morgan fingerprint density at radius 1 is 1.07 bits per heavy atom. The Labute approximate surface area is 173 Å². The van der Waals surface area contributed by atoms with E-state index in [1.54, 1.807) is 0 Å². The molecule has 3 rings (SSSR count). The van der Waals surface area contributed by atoms with E-state index in [1.807, 2.05) is 36.1 Å². The van der Waals surface area contributed by atoms with Gasteiger partial charge in [-0.2, -0.15) is 13.2 Å². The molecule has 0 saturated carbocycles. The number of likely N-dealkylation sites (tertiary alicyclic amines) is 1. The molecule has 1 aliphatic rings. The fraction of sp³-hybridized carbons (Fsp3) is 0.409. The predicted molar refractivity (Wildman–Crippen MR) is 108 cm³/mol. The van der Waals surface area contributed by atoms with Gasteiger partial charge in [0.2, 0.25) is 5.91 Å². The van der Waals surface area contributed by atoms with Crippen LogP contribution in [0.5, 0.6) is 11.5 Å². The van der Waals surface area contributed by atoms with Crippen LogP contribution in [0.25, 0.3) is 0 Å². The molecule has 5 nitrogen and oxygen atoms in total. The Balaban J connectivity index is 1.45. The van der Waals surface area contributed by atoms with Crippen molar-refractivity contribution in [2.24, 2.45) is 0 Å². The van der Waals surface area contributed by atoms with Crippen LogP contribution in [0.4, 0.5) is 18.9 Å². The summed E-state index contributed by atoms with van der Waals surface area (Å²) in [5.74, 6) is 1.19. The van der Waals surface area contributed by atoms with Crippen molar-refractivity contribution in [1.29, 1.82) is 0 Å². The molecule has 0 atom stereocenters. The molecule has 1 amide bonds. The number of rotatable bonds is 7. The third kappa shape index (κ3) is 6.13. The third-order valence-electron chi connectivity index (χ3n) is 4.84. The number of nitrogens with zero attached hydrogens (tertiary/aromatic N) is 1. The summed E-state index contributed by atoms with van der Waals surface area (Å²) in [5.41, 5.74) is -0.396. The predicted octanol–water partition coefficient (Wildman–Crippen LogP) is 4.59. The molecule has 0 aromatic heterocycles. The van der Waals surface area contributed by atoms with Crippen LogP contribution >= 0.6 is 0 Å². The molecule has 30 heavy (non-hydrogen) atoms. The summed E-state index contributed by atoms with van der Waals surface area (Å²) in [4.78, 5) is 14.2.